The highest BCUT2D eigenvalue weighted by molar-refractivity contribution is 6.06. The zero-order valence-electron chi connectivity index (χ0n) is 18.6. The molecule has 0 radical (unpaired) electrons. The molecule has 0 spiro atoms. The van der Waals surface area contributed by atoms with Gasteiger partial charge in [-0.1, -0.05) is 13.8 Å². The van der Waals surface area contributed by atoms with Gasteiger partial charge in [0.25, 0.3) is 5.91 Å². The first-order valence-electron chi connectivity index (χ1n) is 11.1. The lowest BCUT2D eigenvalue weighted by atomic mass is 9.83. The summed E-state index contributed by atoms with van der Waals surface area (Å²) in [5.41, 5.74) is 1.56. The third-order valence-electron chi connectivity index (χ3n) is 5.97. The molecule has 2 heterocycles. The number of pyridine rings is 1. The molecule has 1 amide bonds. The first kappa shape index (κ1) is 22.9. The topological polar surface area (TPSA) is 88.0 Å². The summed E-state index contributed by atoms with van der Waals surface area (Å²) in [5, 5.41) is 12.8. The Labute approximate surface area is 191 Å². The highest BCUT2D eigenvalue weighted by Crippen LogP contribution is 2.40. The molecule has 8 heteroatoms. The maximum absolute atomic E-state index is 14.7. The Morgan fingerprint density at radius 1 is 1.03 bits per heavy atom. The molecule has 0 saturated heterocycles. The van der Waals surface area contributed by atoms with Crippen LogP contribution in [0.25, 0.3) is 11.1 Å². The van der Waals surface area contributed by atoms with Crippen molar-refractivity contribution in [3.05, 3.63) is 71.6 Å². The van der Waals surface area contributed by atoms with Crippen molar-refractivity contribution in [3.8, 4) is 11.1 Å². The molecule has 172 valence electrons. The van der Waals surface area contributed by atoms with E-state index in [0.29, 0.717) is 48.5 Å². The van der Waals surface area contributed by atoms with Crippen LogP contribution in [-0.4, -0.2) is 32.1 Å². The van der Waals surface area contributed by atoms with Gasteiger partial charge in [-0.3, -0.25) is 9.78 Å². The van der Waals surface area contributed by atoms with Crippen molar-refractivity contribution in [1.29, 1.82) is 0 Å². The zero-order valence-corrected chi connectivity index (χ0v) is 18.6. The van der Waals surface area contributed by atoms with Gasteiger partial charge in [-0.25, -0.2) is 18.7 Å². The van der Waals surface area contributed by atoms with Crippen molar-refractivity contribution in [1.82, 2.24) is 15.0 Å². The minimum absolute atomic E-state index is 0.0279. The summed E-state index contributed by atoms with van der Waals surface area (Å²) in [4.78, 5) is 26.1. The number of rotatable bonds is 5. The van der Waals surface area contributed by atoms with E-state index in [1.165, 1.54) is 18.6 Å². The number of aliphatic hydroxyl groups is 1. The van der Waals surface area contributed by atoms with Gasteiger partial charge in [0, 0.05) is 41.6 Å². The summed E-state index contributed by atoms with van der Waals surface area (Å²) in [5.74, 6) is -0.935. The van der Waals surface area contributed by atoms with Gasteiger partial charge in [-0.2, -0.15) is 0 Å². The van der Waals surface area contributed by atoms with Crippen LogP contribution in [-0.2, 0) is 0 Å². The molecule has 0 bridgehead atoms. The summed E-state index contributed by atoms with van der Waals surface area (Å²) >= 11 is 0. The Balaban J connectivity index is 1.76. The molecule has 1 fully saturated rings. The smallest absolute Gasteiger partial charge is 0.258 e. The Morgan fingerprint density at radius 2 is 1.73 bits per heavy atom. The molecule has 3 aromatic rings. The van der Waals surface area contributed by atoms with Crippen LogP contribution in [0, 0.1) is 11.6 Å². The molecule has 0 unspecified atom stereocenters. The lowest BCUT2D eigenvalue weighted by Gasteiger charge is -2.27. The highest BCUT2D eigenvalue weighted by atomic mass is 19.1. The molecule has 4 rings (SSSR count). The second kappa shape index (κ2) is 9.70. The van der Waals surface area contributed by atoms with Gasteiger partial charge in [0.05, 0.1) is 23.0 Å². The lowest BCUT2D eigenvalue weighted by molar-refractivity contribution is 0.102. The van der Waals surface area contributed by atoms with Crippen LogP contribution in [0.4, 0.5) is 14.5 Å². The third-order valence-corrected chi connectivity index (χ3v) is 5.97. The van der Waals surface area contributed by atoms with Gasteiger partial charge >= 0.3 is 0 Å². The molecule has 2 aromatic heterocycles. The highest BCUT2D eigenvalue weighted by Gasteiger charge is 2.27. The van der Waals surface area contributed by atoms with Crippen molar-refractivity contribution in [3.63, 3.8) is 0 Å². The molecular formula is C25H26F2N4O2. The second-order valence-electron chi connectivity index (χ2n) is 8.69. The van der Waals surface area contributed by atoms with Crippen molar-refractivity contribution in [2.45, 2.75) is 57.5 Å². The van der Waals surface area contributed by atoms with E-state index in [1.54, 1.807) is 6.07 Å². The number of halogens is 2. The number of nitrogens with one attached hydrogen (secondary N) is 1. The zero-order chi connectivity index (χ0) is 23.5. The van der Waals surface area contributed by atoms with Crippen LogP contribution in [0.2, 0.25) is 0 Å². The third kappa shape index (κ3) is 5.06. The van der Waals surface area contributed by atoms with E-state index in [-0.39, 0.29) is 29.1 Å². The number of nitrogens with zero attached hydrogens (tertiary/aromatic N) is 3. The summed E-state index contributed by atoms with van der Waals surface area (Å²) in [6.07, 6.45) is 6.67. The molecule has 6 nitrogen and oxygen atoms in total. The molecule has 0 aliphatic heterocycles. The molecule has 1 aromatic carbocycles. The Morgan fingerprint density at radius 3 is 2.39 bits per heavy atom. The number of hydrogen-bond acceptors (Lipinski definition) is 5. The number of anilines is 1. The minimum Gasteiger partial charge on any atom is -0.393 e. The Kier molecular flexibility index (Phi) is 6.74. The van der Waals surface area contributed by atoms with E-state index in [0.717, 1.165) is 18.2 Å². The minimum atomic E-state index is -0.604. The van der Waals surface area contributed by atoms with Gasteiger partial charge in [0.2, 0.25) is 0 Å². The summed E-state index contributed by atoms with van der Waals surface area (Å²) < 4.78 is 28.7. The maximum Gasteiger partial charge on any atom is 0.258 e. The number of aromatic nitrogens is 3. The predicted molar refractivity (Wildman–Crippen MR) is 121 cm³/mol. The van der Waals surface area contributed by atoms with E-state index in [1.807, 2.05) is 13.8 Å². The van der Waals surface area contributed by atoms with E-state index in [4.69, 9.17) is 0 Å². The van der Waals surface area contributed by atoms with Gasteiger partial charge in [-0.15, -0.1) is 0 Å². The Hall–Kier alpha value is -3.26. The SMILES string of the molecule is CC(C)c1ncc(C(=O)Nc2c(-c3cc(F)ccc3F)ccnc2C2CCC(O)CC2)cn1. The molecule has 1 aliphatic carbocycles. The lowest BCUT2D eigenvalue weighted by Crippen LogP contribution is -2.21. The largest absolute Gasteiger partial charge is 0.393 e. The number of carbonyl (C=O) groups is 1. The molecule has 1 saturated carbocycles. The summed E-state index contributed by atoms with van der Waals surface area (Å²) in [6, 6.07) is 4.78. The van der Waals surface area contributed by atoms with E-state index in [2.05, 4.69) is 20.3 Å². The first-order chi connectivity index (χ1) is 15.8. The van der Waals surface area contributed by atoms with Crippen molar-refractivity contribution in [2.24, 2.45) is 0 Å². The molecule has 2 N–H and O–H groups in total. The summed E-state index contributed by atoms with van der Waals surface area (Å²) in [7, 11) is 0. The van der Waals surface area contributed by atoms with Crippen LogP contribution in [0.5, 0.6) is 0 Å². The van der Waals surface area contributed by atoms with Crippen molar-refractivity contribution in [2.75, 3.05) is 5.32 Å². The molecular weight excluding hydrogens is 426 g/mol. The quantitative estimate of drug-likeness (QED) is 0.555. The predicted octanol–water partition coefficient (Wildman–Crippen LogP) is 5.21. The van der Waals surface area contributed by atoms with Crippen LogP contribution < -0.4 is 5.32 Å². The van der Waals surface area contributed by atoms with Gasteiger partial charge in [0.1, 0.15) is 17.5 Å². The van der Waals surface area contributed by atoms with Crippen LogP contribution >= 0.6 is 0 Å². The van der Waals surface area contributed by atoms with Crippen LogP contribution in [0.3, 0.4) is 0 Å². The number of benzene rings is 1. The molecule has 33 heavy (non-hydrogen) atoms. The standard InChI is InChI=1S/C25H26F2N4O2/c1-14(2)24-29-12-16(13-30-24)25(33)31-23-19(20-11-17(26)5-8-21(20)27)9-10-28-22(23)15-3-6-18(32)7-4-15/h5,8-15,18,32H,3-4,6-7H2,1-2H3,(H,31,33). The Bertz CT molecular complexity index is 1140. The number of aliphatic hydroxyl groups excluding tert-OH is 1. The van der Waals surface area contributed by atoms with Gasteiger partial charge in [0.15, 0.2) is 0 Å². The van der Waals surface area contributed by atoms with Crippen molar-refractivity contribution >= 4 is 11.6 Å². The average Bonchev–Trinajstić information content (AvgIpc) is 2.81. The monoisotopic (exact) mass is 452 g/mol. The fraction of sp³-hybridized carbons (Fsp3) is 0.360. The van der Waals surface area contributed by atoms with E-state index < -0.39 is 17.5 Å². The average molecular weight is 453 g/mol. The molecule has 1 aliphatic rings. The van der Waals surface area contributed by atoms with Gasteiger partial charge < -0.3 is 10.4 Å². The van der Waals surface area contributed by atoms with E-state index >= 15 is 0 Å². The first-order valence-corrected chi connectivity index (χ1v) is 11.1. The number of amides is 1. The van der Waals surface area contributed by atoms with Crippen LogP contribution in [0.15, 0.2) is 42.9 Å². The fourth-order valence-electron chi connectivity index (χ4n) is 4.14. The number of hydrogen-bond donors (Lipinski definition) is 2. The maximum atomic E-state index is 14.7. The summed E-state index contributed by atoms with van der Waals surface area (Å²) in [6.45, 7) is 3.91. The molecule has 0 atom stereocenters. The normalized spacial score (nSPS) is 18.4. The van der Waals surface area contributed by atoms with E-state index in [9.17, 15) is 18.7 Å². The van der Waals surface area contributed by atoms with Crippen molar-refractivity contribution < 1.29 is 18.7 Å². The fourth-order valence-corrected chi connectivity index (χ4v) is 4.14. The van der Waals surface area contributed by atoms with Crippen LogP contribution in [0.1, 0.15) is 73.2 Å². The number of carbonyl (C=O) groups excluding carboxylic acids is 1. The van der Waals surface area contributed by atoms with Gasteiger partial charge in [-0.05, 0) is 49.9 Å². The second-order valence-corrected chi connectivity index (χ2v) is 8.69.